The Bertz CT molecular complexity index is 1580. The van der Waals surface area contributed by atoms with Crippen LogP contribution in [0.2, 0.25) is 0 Å². The summed E-state index contributed by atoms with van der Waals surface area (Å²) >= 11 is 0. The summed E-state index contributed by atoms with van der Waals surface area (Å²) in [5, 5.41) is 4.90. The van der Waals surface area contributed by atoms with Crippen molar-refractivity contribution in [2.24, 2.45) is 0 Å². The number of carbonyl (C=O) groups excluding carboxylic acids is 4. The molecule has 2 aliphatic heterocycles. The lowest BCUT2D eigenvalue weighted by Gasteiger charge is -2.29. The summed E-state index contributed by atoms with van der Waals surface area (Å²) in [6, 6.07) is 10.6. The second kappa shape index (κ2) is 11.2. The van der Waals surface area contributed by atoms with Gasteiger partial charge < -0.3 is 19.1 Å². The number of methoxy groups -OCH3 is 1. The maximum atomic E-state index is 13.4. The van der Waals surface area contributed by atoms with Crippen molar-refractivity contribution in [3.05, 3.63) is 82.4 Å². The quantitative estimate of drug-likeness (QED) is 0.402. The lowest BCUT2D eigenvalue weighted by atomic mass is 10.0. The van der Waals surface area contributed by atoms with Gasteiger partial charge in [-0.15, -0.1) is 0 Å². The molecule has 12 heteroatoms. The third-order valence-corrected chi connectivity index (χ3v) is 6.85. The third kappa shape index (κ3) is 5.67. The van der Waals surface area contributed by atoms with Gasteiger partial charge in [-0.05, 0) is 54.8 Å². The zero-order valence-corrected chi connectivity index (χ0v) is 22.1. The van der Waals surface area contributed by atoms with Gasteiger partial charge in [-0.3, -0.25) is 25.0 Å². The minimum absolute atomic E-state index is 0.116. The van der Waals surface area contributed by atoms with Crippen LogP contribution in [0, 0.1) is 18.6 Å². The summed E-state index contributed by atoms with van der Waals surface area (Å²) in [5.41, 5.74) is 2.45. The molecule has 2 aliphatic rings. The summed E-state index contributed by atoms with van der Waals surface area (Å²) in [7, 11) is 1.40. The molecule has 2 heterocycles. The van der Waals surface area contributed by atoms with E-state index in [0.29, 0.717) is 28.1 Å². The van der Waals surface area contributed by atoms with E-state index in [1.165, 1.54) is 18.1 Å². The number of fused-ring (bicyclic) bond motifs is 1. The lowest BCUT2D eigenvalue weighted by molar-refractivity contribution is -0.136. The molecule has 0 bridgehead atoms. The van der Waals surface area contributed by atoms with Crippen molar-refractivity contribution in [2.45, 2.75) is 39.0 Å². The van der Waals surface area contributed by atoms with Crippen molar-refractivity contribution in [3.8, 4) is 17.2 Å². The summed E-state index contributed by atoms with van der Waals surface area (Å²) in [4.78, 5) is 51.1. The van der Waals surface area contributed by atoms with E-state index >= 15 is 0 Å². The highest BCUT2D eigenvalue weighted by Gasteiger charge is 2.41. The molecule has 0 aliphatic carbocycles. The number of benzene rings is 3. The van der Waals surface area contributed by atoms with E-state index in [9.17, 15) is 28.0 Å². The number of hydrogen-bond donors (Lipinski definition) is 2. The Morgan fingerprint density at radius 2 is 1.80 bits per heavy atom. The number of rotatable bonds is 7. The van der Waals surface area contributed by atoms with Crippen molar-refractivity contribution in [2.75, 3.05) is 12.4 Å². The van der Waals surface area contributed by atoms with E-state index in [0.717, 1.165) is 12.1 Å². The smallest absolute Gasteiger partial charge is 0.411 e. The van der Waals surface area contributed by atoms with Crippen LogP contribution < -0.4 is 20.1 Å². The molecular formula is C29H25F2N3O7. The van der Waals surface area contributed by atoms with E-state index in [2.05, 4.69) is 10.6 Å². The number of ether oxygens (including phenoxy) is 3. The molecule has 1 saturated heterocycles. The first-order valence-electron chi connectivity index (χ1n) is 12.7. The average molecular weight is 566 g/mol. The Morgan fingerprint density at radius 3 is 2.51 bits per heavy atom. The number of anilines is 1. The van der Waals surface area contributed by atoms with Gasteiger partial charge in [0.05, 0.1) is 12.7 Å². The normalized spacial score (nSPS) is 16.2. The van der Waals surface area contributed by atoms with Crippen LogP contribution in [0.4, 0.5) is 19.3 Å². The maximum absolute atomic E-state index is 13.4. The number of piperidine rings is 1. The molecule has 3 aromatic carbocycles. The molecule has 0 radical (unpaired) electrons. The maximum Gasteiger partial charge on any atom is 0.411 e. The second-order valence-electron chi connectivity index (χ2n) is 9.55. The summed E-state index contributed by atoms with van der Waals surface area (Å²) in [6.07, 6.45) is -0.382. The van der Waals surface area contributed by atoms with Gasteiger partial charge in [0, 0.05) is 30.3 Å². The molecule has 2 N–H and O–H groups in total. The fourth-order valence-corrected chi connectivity index (χ4v) is 4.82. The van der Waals surface area contributed by atoms with Crippen LogP contribution in [0.5, 0.6) is 17.2 Å². The van der Waals surface area contributed by atoms with E-state index in [1.807, 2.05) is 0 Å². The average Bonchev–Trinajstić information content (AvgIpc) is 3.27. The van der Waals surface area contributed by atoms with Crippen molar-refractivity contribution >= 4 is 29.5 Å². The van der Waals surface area contributed by atoms with Crippen LogP contribution in [0.1, 0.15) is 39.9 Å². The van der Waals surface area contributed by atoms with E-state index < -0.39 is 35.6 Å². The highest BCUT2D eigenvalue weighted by atomic mass is 19.2. The standard InChI is InChI=1S/C29H25F2N3O7/c1-15-11-18(41-19-5-7-20(30)21(31)12-19)6-8-22(15)32-29(38)40-14-17-4-3-16-13-34(28(37)25(16)26(17)39-2)23-9-10-24(35)33-27(23)36/h3-8,11-12,23H,9-10,13-14H2,1-2H3,(H,32,38)(H,33,35,36). The number of nitrogens with zero attached hydrogens (tertiary/aromatic N) is 1. The summed E-state index contributed by atoms with van der Waals surface area (Å²) < 4.78 is 43.0. The predicted octanol–water partition coefficient (Wildman–Crippen LogP) is 4.58. The zero-order chi connectivity index (χ0) is 29.3. The van der Waals surface area contributed by atoms with Gasteiger partial charge in [0.1, 0.15) is 29.9 Å². The molecular weight excluding hydrogens is 540 g/mol. The number of imide groups is 1. The summed E-state index contributed by atoms with van der Waals surface area (Å²) in [6.45, 7) is 1.70. The van der Waals surface area contributed by atoms with Gasteiger partial charge in [0.2, 0.25) is 11.8 Å². The number of aryl methyl sites for hydroxylation is 1. The first-order chi connectivity index (χ1) is 19.6. The van der Waals surface area contributed by atoms with Gasteiger partial charge in [-0.2, -0.15) is 0 Å². The van der Waals surface area contributed by atoms with Gasteiger partial charge in [-0.25, -0.2) is 13.6 Å². The van der Waals surface area contributed by atoms with Crippen LogP contribution in [0.25, 0.3) is 0 Å². The molecule has 1 atom stereocenters. The van der Waals surface area contributed by atoms with E-state index in [1.54, 1.807) is 37.3 Å². The lowest BCUT2D eigenvalue weighted by Crippen LogP contribution is -2.52. The number of halogens is 2. The Morgan fingerprint density at radius 1 is 1.05 bits per heavy atom. The third-order valence-electron chi connectivity index (χ3n) is 6.85. The van der Waals surface area contributed by atoms with Crippen LogP contribution in [0.3, 0.4) is 0 Å². The number of carbonyl (C=O) groups is 4. The topological polar surface area (TPSA) is 123 Å². The number of hydrogen-bond acceptors (Lipinski definition) is 7. The molecule has 5 rings (SSSR count). The monoisotopic (exact) mass is 565 g/mol. The first kappa shape index (κ1) is 27.6. The van der Waals surface area contributed by atoms with Crippen LogP contribution in [0.15, 0.2) is 48.5 Å². The van der Waals surface area contributed by atoms with Gasteiger partial charge in [-0.1, -0.05) is 12.1 Å². The second-order valence-corrected chi connectivity index (χ2v) is 9.55. The van der Waals surface area contributed by atoms with Crippen LogP contribution in [-0.2, 0) is 27.5 Å². The van der Waals surface area contributed by atoms with Crippen LogP contribution in [-0.4, -0.2) is 41.9 Å². The molecule has 0 saturated carbocycles. The minimum Gasteiger partial charge on any atom is -0.495 e. The fraction of sp³-hybridized carbons (Fsp3) is 0.241. The molecule has 41 heavy (non-hydrogen) atoms. The molecule has 4 amide bonds. The van der Waals surface area contributed by atoms with Crippen molar-refractivity contribution < 1.29 is 42.2 Å². The minimum atomic E-state index is -1.03. The van der Waals surface area contributed by atoms with Crippen molar-refractivity contribution in [1.29, 1.82) is 0 Å². The zero-order valence-electron chi connectivity index (χ0n) is 22.1. The molecule has 1 fully saturated rings. The molecule has 10 nitrogen and oxygen atoms in total. The number of nitrogens with one attached hydrogen (secondary N) is 2. The number of amides is 4. The largest absolute Gasteiger partial charge is 0.495 e. The SMILES string of the molecule is COc1c(COC(=O)Nc2ccc(Oc3ccc(F)c(F)c3)cc2C)ccc2c1C(=O)N(C1CCC(=O)NC1=O)C2. The Hall–Kier alpha value is -5.00. The first-order valence-corrected chi connectivity index (χ1v) is 12.7. The Balaban J connectivity index is 1.23. The van der Waals surface area contributed by atoms with Crippen molar-refractivity contribution in [3.63, 3.8) is 0 Å². The Labute approximate surface area is 233 Å². The van der Waals surface area contributed by atoms with Crippen molar-refractivity contribution in [1.82, 2.24) is 10.2 Å². The highest BCUT2D eigenvalue weighted by molar-refractivity contribution is 6.06. The van der Waals surface area contributed by atoms with Gasteiger partial charge in [0.25, 0.3) is 5.91 Å². The summed E-state index contributed by atoms with van der Waals surface area (Å²) in [5.74, 6) is -2.59. The Kier molecular flexibility index (Phi) is 7.56. The predicted molar refractivity (Wildman–Crippen MR) is 140 cm³/mol. The molecule has 0 aromatic heterocycles. The molecule has 3 aromatic rings. The molecule has 212 valence electrons. The van der Waals surface area contributed by atoms with Gasteiger partial charge in [0.15, 0.2) is 11.6 Å². The van der Waals surface area contributed by atoms with E-state index in [-0.39, 0.29) is 49.0 Å². The van der Waals surface area contributed by atoms with E-state index in [4.69, 9.17) is 14.2 Å². The van der Waals surface area contributed by atoms with Crippen LogP contribution >= 0.6 is 0 Å². The molecule has 1 unspecified atom stereocenters. The van der Waals surface area contributed by atoms with Gasteiger partial charge >= 0.3 is 6.09 Å². The highest BCUT2D eigenvalue weighted by Crippen LogP contribution is 2.36. The molecule has 0 spiro atoms. The fourth-order valence-electron chi connectivity index (χ4n) is 4.82.